The molecule has 0 atom stereocenters. The van der Waals surface area contributed by atoms with Gasteiger partial charge in [0.15, 0.2) is 5.96 Å². The molecule has 0 unspecified atom stereocenters. The molecule has 0 fully saturated rings. The van der Waals surface area contributed by atoms with Crippen LogP contribution in [0.3, 0.4) is 0 Å². The van der Waals surface area contributed by atoms with Crippen molar-refractivity contribution in [3.8, 4) is 11.5 Å². The van der Waals surface area contributed by atoms with E-state index in [0.29, 0.717) is 19.1 Å². The van der Waals surface area contributed by atoms with Crippen LogP contribution in [0.1, 0.15) is 32.3 Å². The van der Waals surface area contributed by atoms with Crippen LogP contribution >= 0.6 is 24.0 Å². The first-order chi connectivity index (χ1) is 12.5. The number of nitrogens with zero attached hydrogens (tertiary/aromatic N) is 1. The van der Waals surface area contributed by atoms with Gasteiger partial charge in [0.2, 0.25) is 0 Å². The van der Waals surface area contributed by atoms with Gasteiger partial charge < -0.3 is 20.5 Å². The standard InChI is InChI=1S/C21H29N3O2.HI/c1-16(2)26-20-12-8-18(9-13-20)24-21(22)23-14-4-5-15-25-19-10-6-17(3)7-11-19;/h6-13,16H,4-5,14-15H2,1-3H3,(H3,22,23,24);1H. The van der Waals surface area contributed by atoms with E-state index in [1.54, 1.807) is 0 Å². The summed E-state index contributed by atoms with van der Waals surface area (Å²) in [7, 11) is 0. The second kappa shape index (κ2) is 12.4. The zero-order valence-corrected chi connectivity index (χ0v) is 18.6. The number of guanidine groups is 1. The van der Waals surface area contributed by atoms with Crippen molar-refractivity contribution in [3.63, 3.8) is 0 Å². The van der Waals surface area contributed by atoms with Crippen molar-refractivity contribution in [2.75, 3.05) is 18.5 Å². The predicted octanol–water partition coefficient (Wildman–Crippen LogP) is 4.99. The number of hydrogen-bond donors (Lipinski definition) is 2. The highest BCUT2D eigenvalue weighted by molar-refractivity contribution is 14.0. The zero-order valence-electron chi connectivity index (χ0n) is 16.3. The van der Waals surface area contributed by atoms with Crippen molar-refractivity contribution in [1.82, 2.24) is 0 Å². The van der Waals surface area contributed by atoms with Crippen molar-refractivity contribution < 1.29 is 9.47 Å². The Kier molecular flexibility index (Phi) is 10.6. The molecule has 0 spiro atoms. The van der Waals surface area contributed by atoms with E-state index in [1.807, 2.05) is 62.4 Å². The minimum Gasteiger partial charge on any atom is -0.494 e. The predicted molar refractivity (Wildman–Crippen MR) is 124 cm³/mol. The molecule has 5 nitrogen and oxygen atoms in total. The maximum atomic E-state index is 5.92. The number of unbranched alkanes of at least 4 members (excludes halogenated alkanes) is 1. The first-order valence-corrected chi connectivity index (χ1v) is 9.06. The summed E-state index contributed by atoms with van der Waals surface area (Å²) in [4.78, 5) is 4.34. The summed E-state index contributed by atoms with van der Waals surface area (Å²) in [6.45, 7) is 7.42. The number of halogens is 1. The summed E-state index contributed by atoms with van der Waals surface area (Å²) in [6.07, 6.45) is 2.02. The Hall–Kier alpha value is -1.96. The number of hydrogen-bond acceptors (Lipinski definition) is 3. The van der Waals surface area contributed by atoms with Gasteiger partial charge in [0.1, 0.15) is 11.5 Å². The van der Waals surface area contributed by atoms with E-state index in [4.69, 9.17) is 15.2 Å². The molecule has 27 heavy (non-hydrogen) atoms. The molecule has 0 aliphatic rings. The Labute approximate surface area is 179 Å². The number of nitrogens with two attached hydrogens (primary N) is 1. The smallest absolute Gasteiger partial charge is 0.193 e. The summed E-state index contributed by atoms with van der Waals surface area (Å²) in [6, 6.07) is 15.8. The van der Waals surface area contributed by atoms with Crippen LogP contribution in [0.4, 0.5) is 5.69 Å². The number of nitrogens with one attached hydrogen (secondary N) is 1. The van der Waals surface area contributed by atoms with Crippen LogP contribution in [0.15, 0.2) is 53.5 Å². The average Bonchev–Trinajstić information content (AvgIpc) is 2.61. The second-order valence-electron chi connectivity index (χ2n) is 6.45. The SMILES string of the molecule is Cc1ccc(OCCCCN=C(N)Nc2ccc(OC(C)C)cc2)cc1.I. The van der Waals surface area contributed by atoms with E-state index < -0.39 is 0 Å². The molecular weight excluding hydrogens is 453 g/mol. The summed E-state index contributed by atoms with van der Waals surface area (Å²) in [5.74, 6) is 2.17. The molecule has 2 aromatic carbocycles. The van der Waals surface area contributed by atoms with Crippen molar-refractivity contribution in [3.05, 3.63) is 54.1 Å². The quantitative estimate of drug-likeness (QED) is 0.228. The molecule has 0 aliphatic carbocycles. The third kappa shape index (κ3) is 9.51. The Bertz CT molecular complexity index is 686. The second-order valence-corrected chi connectivity index (χ2v) is 6.45. The molecule has 0 radical (unpaired) electrons. The minimum absolute atomic E-state index is 0. The van der Waals surface area contributed by atoms with Gasteiger partial charge in [0.05, 0.1) is 12.7 Å². The fourth-order valence-electron chi connectivity index (χ4n) is 2.31. The average molecular weight is 483 g/mol. The van der Waals surface area contributed by atoms with Gasteiger partial charge in [-0.3, -0.25) is 4.99 Å². The first kappa shape index (κ1) is 23.1. The molecule has 3 N–H and O–H groups in total. The molecule has 0 saturated carbocycles. The van der Waals surface area contributed by atoms with Crippen LogP contribution in [-0.4, -0.2) is 25.2 Å². The highest BCUT2D eigenvalue weighted by Crippen LogP contribution is 2.16. The van der Waals surface area contributed by atoms with E-state index in [0.717, 1.165) is 30.0 Å². The molecule has 0 aliphatic heterocycles. The van der Waals surface area contributed by atoms with E-state index in [9.17, 15) is 0 Å². The largest absolute Gasteiger partial charge is 0.494 e. The topological polar surface area (TPSA) is 68.9 Å². The molecule has 148 valence electrons. The van der Waals surface area contributed by atoms with Gasteiger partial charge in [0, 0.05) is 12.2 Å². The summed E-state index contributed by atoms with van der Waals surface area (Å²) >= 11 is 0. The van der Waals surface area contributed by atoms with Crippen molar-refractivity contribution in [1.29, 1.82) is 0 Å². The molecule has 2 rings (SSSR count). The number of aryl methyl sites for hydroxylation is 1. The lowest BCUT2D eigenvalue weighted by Crippen LogP contribution is -2.22. The monoisotopic (exact) mass is 483 g/mol. The van der Waals surface area contributed by atoms with Crippen LogP contribution < -0.4 is 20.5 Å². The van der Waals surface area contributed by atoms with Gasteiger partial charge in [-0.2, -0.15) is 0 Å². The first-order valence-electron chi connectivity index (χ1n) is 9.06. The van der Waals surface area contributed by atoms with Gasteiger partial charge in [-0.05, 0) is 70.0 Å². The van der Waals surface area contributed by atoms with E-state index in [2.05, 4.69) is 17.2 Å². The lowest BCUT2D eigenvalue weighted by Gasteiger charge is -2.11. The number of ether oxygens (including phenoxy) is 2. The number of rotatable bonds is 9. The molecule has 0 amide bonds. The molecular formula is C21H30IN3O2. The van der Waals surface area contributed by atoms with Crippen molar-refractivity contribution >= 4 is 35.6 Å². The Balaban J connectivity index is 0.00000364. The number of anilines is 1. The van der Waals surface area contributed by atoms with E-state index in [1.165, 1.54) is 5.56 Å². The lowest BCUT2D eigenvalue weighted by molar-refractivity contribution is 0.242. The molecule has 6 heteroatoms. The fourth-order valence-corrected chi connectivity index (χ4v) is 2.31. The van der Waals surface area contributed by atoms with Crippen molar-refractivity contribution in [2.24, 2.45) is 10.7 Å². The van der Waals surface area contributed by atoms with Gasteiger partial charge >= 0.3 is 0 Å². The molecule has 2 aromatic rings. The van der Waals surface area contributed by atoms with Crippen LogP contribution in [0.25, 0.3) is 0 Å². The number of aliphatic imine (C=N–C) groups is 1. The highest BCUT2D eigenvalue weighted by atomic mass is 127. The maximum Gasteiger partial charge on any atom is 0.193 e. The Morgan fingerprint density at radius 3 is 2.26 bits per heavy atom. The van der Waals surface area contributed by atoms with Crippen molar-refractivity contribution in [2.45, 2.75) is 39.7 Å². The van der Waals surface area contributed by atoms with Gasteiger partial charge in [-0.25, -0.2) is 0 Å². The summed E-state index contributed by atoms with van der Waals surface area (Å²) in [5, 5.41) is 3.09. The minimum atomic E-state index is 0. The third-order valence-corrected chi connectivity index (χ3v) is 3.62. The molecule has 0 aromatic heterocycles. The fraction of sp³-hybridized carbons (Fsp3) is 0.381. The van der Waals surface area contributed by atoms with E-state index >= 15 is 0 Å². The van der Waals surface area contributed by atoms with Gasteiger partial charge in [0.25, 0.3) is 0 Å². The molecule has 0 bridgehead atoms. The van der Waals surface area contributed by atoms with Crippen LogP contribution in [0, 0.1) is 6.92 Å². The highest BCUT2D eigenvalue weighted by Gasteiger charge is 1.99. The van der Waals surface area contributed by atoms with Gasteiger partial charge in [-0.15, -0.1) is 24.0 Å². The maximum absolute atomic E-state index is 5.92. The van der Waals surface area contributed by atoms with Crippen LogP contribution in [-0.2, 0) is 0 Å². The van der Waals surface area contributed by atoms with Crippen LogP contribution in [0.2, 0.25) is 0 Å². The van der Waals surface area contributed by atoms with Crippen LogP contribution in [0.5, 0.6) is 11.5 Å². The third-order valence-electron chi connectivity index (χ3n) is 3.62. The number of benzene rings is 2. The molecule has 0 heterocycles. The molecule has 0 saturated heterocycles. The normalized spacial score (nSPS) is 11.0. The summed E-state index contributed by atoms with van der Waals surface area (Å²) < 4.78 is 11.3. The lowest BCUT2D eigenvalue weighted by atomic mass is 10.2. The summed E-state index contributed by atoms with van der Waals surface area (Å²) in [5.41, 5.74) is 8.05. The zero-order chi connectivity index (χ0) is 18.8. The Morgan fingerprint density at radius 2 is 1.63 bits per heavy atom. The Morgan fingerprint density at radius 1 is 1.00 bits per heavy atom. The van der Waals surface area contributed by atoms with Gasteiger partial charge in [-0.1, -0.05) is 17.7 Å². The van der Waals surface area contributed by atoms with E-state index in [-0.39, 0.29) is 30.1 Å².